The number of amides is 1. The zero-order valence-electron chi connectivity index (χ0n) is 14.9. The molecular weight excluding hydrogens is 359 g/mol. The normalized spacial score (nSPS) is 12.7. The topological polar surface area (TPSA) is 72.9 Å². The molecule has 0 aliphatic carbocycles. The fourth-order valence-electron chi connectivity index (χ4n) is 2.79. The van der Waals surface area contributed by atoms with E-state index in [9.17, 15) is 4.79 Å². The minimum absolute atomic E-state index is 0. The van der Waals surface area contributed by atoms with Crippen molar-refractivity contribution < 1.29 is 4.79 Å². The van der Waals surface area contributed by atoms with Crippen LogP contribution < -0.4 is 11.1 Å². The molecule has 0 radical (unpaired) electrons. The summed E-state index contributed by atoms with van der Waals surface area (Å²) < 4.78 is 1.99. The van der Waals surface area contributed by atoms with Crippen LogP contribution in [0, 0.1) is 5.92 Å². The SMILES string of the molecule is CC(C)CC(C)(CN)NC(=O)c1ccc(Cn2ccnc2)cc1.Cl.Cl. The third-order valence-electron chi connectivity index (χ3n) is 3.87. The van der Waals surface area contributed by atoms with Gasteiger partial charge < -0.3 is 15.6 Å². The van der Waals surface area contributed by atoms with Crippen molar-refractivity contribution in [1.29, 1.82) is 0 Å². The maximum absolute atomic E-state index is 12.4. The summed E-state index contributed by atoms with van der Waals surface area (Å²) in [5.74, 6) is 0.397. The Kier molecular flexibility index (Phi) is 9.78. The molecule has 1 atom stereocenters. The van der Waals surface area contributed by atoms with E-state index in [1.165, 1.54) is 0 Å². The molecule has 0 fully saturated rings. The Balaban J connectivity index is 0.00000288. The molecule has 1 aromatic carbocycles. The number of aromatic nitrogens is 2. The van der Waals surface area contributed by atoms with Gasteiger partial charge in [0.2, 0.25) is 0 Å². The predicted molar refractivity (Wildman–Crippen MR) is 107 cm³/mol. The van der Waals surface area contributed by atoms with Gasteiger partial charge in [-0.3, -0.25) is 4.79 Å². The fraction of sp³-hybridized carbons (Fsp3) is 0.444. The van der Waals surface area contributed by atoms with Gasteiger partial charge in [0.05, 0.1) is 6.33 Å². The van der Waals surface area contributed by atoms with E-state index in [0.717, 1.165) is 18.5 Å². The Morgan fingerprint density at radius 3 is 2.40 bits per heavy atom. The number of nitrogens with two attached hydrogens (primary N) is 1. The number of imidazole rings is 1. The summed E-state index contributed by atoms with van der Waals surface area (Å²) in [4.78, 5) is 16.5. The van der Waals surface area contributed by atoms with Gasteiger partial charge in [-0.15, -0.1) is 24.8 Å². The van der Waals surface area contributed by atoms with Crippen LogP contribution in [0.4, 0.5) is 0 Å². The molecule has 0 aliphatic rings. The first-order valence-corrected chi connectivity index (χ1v) is 7.99. The minimum atomic E-state index is -0.374. The van der Waals surface area contributed by atoms with Crippen molar-refractivity contribution in [3.63, 3.8) is 0 Å². The van der Waals surface area contributed by atoms with E-state index in [2.05, 4.69) is 24.1 Å². The smallest absolute Gasteiger partial charge is 0.251 e. The number of hydrogen-bond acceptors (Lipinski definition) is 3. The van der Waals surface area contributed by atoms with Gasteiger partial charge in [0.15, 0.2) is 0 Å². The molecule has 25 heavy (non-hydrogen) atoms. The van der Waals surface area contributed by atoms with Crippen LogP contribution in [0.1, 0.15) is 43.1 Å². The van der Waals surface area contributed by atoms with E-state index in [1.54, 1.807) is 12.5 Å². The Bertz CT molecular complexity index is 629. The zero-order chi connectivity index (χ0) is 16.9. The molecule has 1 amide bonds. The lowest BCUT2D eigenvalue weighted by Crippen LogP contribution is -2.52. The molecule has 1 heterocycles. The van der Waals surface area contributed by atoms with Crippen LogP contribution in [0.5, 0.6) is 0 Å². The van der Waals surface area contributed by atoms with Gasteiger partial charge in [-0.25, -0.2) is 4.98 Å². The Morgan fingerprint density at radius 1 is 1.28 bits per heavy atom. The molecule has 1 unspecified atom stereocenters. The van der Waals surface area contributed by atoms with Gasteiger partial charge in [-0.2, -0.15) is 0 Å². The standard InChI is InChI=1S/C18H26N4O.2ClH/c1-14(2)10-18(3,12-19)21-17(23)16-6-4-15(5-7-16)11-22-9-8-20-13-22;;/h4-9,13-14H,10-12,19H2,1-3H3,(H,21,23);2*1H. The molecule has 0 saturated carbocycles. The Hall–Kier alpha value is -1.56. The second-order valence-electron chi connectivity index (χ2n) is 6.75. The van der Waals surface area contributed by atoms with Crippen LogP contribution in [0.25, 0.3) is 0 Å². The van der Waals surface area contributed by atoms with E-state index < -0.39 is 0 Å². The number of nitrogens with one attached hydrogen (secondary N) is 1. The fourth-order valence-corrected chi connectivity index (χ4v) is 2.79. The van der Waals surface area contributed by atoms with Crippen LogP contribution >= 0.6 is 24.8 Å². The van der Waals surface area contributed by atoms with Crippen molar-refractivity contribution >= 4 is 30.7 Å². The molecular formula is C18H28Cl2N4O. The van der Waals surface area contributed by atoms with Crippen LogP contribution in [-0.2, 0) is 6.54 Å². The number of carbonyl (C=O) groups excluding carboxylic acids is 1. The summed E-state index contributed by atoms with van der Waals surface area (Å²) in [5.41, 5.74) is 7.27. The van der Waals surface area contributed by atoms with Crippen molar-refractivity contribution in [2.24, 2.45) is 11.7 Å². The second kappa shape index (κ2) is 10.4. The molecule has 5 nitrogen and oxygen atoms in total. The third-order valence-corrected chi connectivity index (χ3v) is 3.87. The van der Waals surface area contributed by atoms with E-state index in [-0.39, 0.29) is 36.3 Å². The van der Waals surface area contributed by atoms with Gasteiger partial charge in [-0.1, -0.05) is 26.0 Å². The van der Waals surface area contributed by atoms with Gasteiger partial charge in [0, 0.05) is 36.6 Å². The Morgan fingerprint density at radius 2 is 1.92 bits per heavy atom. The summed E-state index contributed by atoms with van der Waals surface area (Å²) in [5, 5.41) is 3.08. The number of halogens is 2. The highest BCUT2D eigenvalue weighted by Gasteiger charge is 2.26. The van der Waals surface area contributed by atoms with Gasteiger partial charge in [-0.05, 0) is 37.0 Å². The summed E-state index contributed by atoms with van der Waals surface area (Å²) in [6.07, 6.45) is 6.30. The molecule has 0 saturated heterocycles. The van der Waals surface area contributed by atoms with E-state index in [0.29, 0.717) is 18.0 Å². The van der Waals surface area contributed by atoms with Crippen molar-refractivity contribution in [1.82, 2.24) is 14.9 Å². The summed E-state index contributed by atoms with van der Waals surface area (Å²) in [6, 6.07) is 7.65. The number of rotatable bonds is 7. The maximum atomic E-state index is 12.4. The molecule has 0 spiro atoms. The largest absolute Gasteiger partial charge is 0.346 e. The Labute approximate surface area is 162 Å². The molecule has 0 bridgehead atoms. The van der Waals surface area contributed by atoms with Crippen molar-refractivity contribution in [2.45, 2.75) is 39.3 Å². The lowest BCUT2D eigenvalue weighted by atomic mass is 9.90. The third kappa shape index (κ3) is 7.06. The first-order valence-electron chi connectivity index (χ1n) is 7.99. The van der Waals surface area contributed by atoms with Crippen molar-refractivity contribution in [2.75, 3.05) is 6.54 Å². The number of benzene rings is 1. The van der Waals surface area contributed by atoms with Gasteiger partial charge in [0.25, 0.3) is 5.91 Å². The van der Waals surface area contributed by atoms with Gasteiger partial charge in [0.1, 0.15) is 0 Å². The molecule has 2 aromatic rings. The summed E-state index contributed by atoms with van der Waals surface area (Å²) in [6.45, 7) is 7.43. The first kappa shape index (κ1) is 23.4. The van der Waals surface area contributed by atoms with Crippen LogP contribution in [0.15, 0.2) is 43.0 Å². The maximum Gasteiger partial charge on any atom is 0.251 e. The molecule has 140 valence electrons. The highest BCUT2D eigenvalue weighted by atomic mass is 35.5. The minimum Gasteiger partial charge on any atom is -0.346 e. The first-order chi connectivity index (χ1) is 10.9. The molecule has 2 rings (SSSR count). The molecule has 1 aromatic heterocycles. The predicted octanol–water partition coefficient (Wildman–Crippen LogP) is 3.27. The average Bonchev–Trinajstić information content (AvgIpc) is 3.00. The second-order valence-corrected chi connectivity index (χ2v) is 6.75. The highest BCUT2D eigenvalue weighted by molar-refractivity contribution is 5.94. The average molecular weight is 387 g/mol. The lowest BCUT2D eigenvalue weighted by molar-refractivity contribution is 0.0898. The van der Waals surface area contributed by atoms with Crippen LogP contribution in [0.2, 0.25) is 0 Å². The lowest BCUT2D eigenvalue weighted by Gasteiger charge is -2.31. The number of hydrogen-bond donors (Lipinski definition) is 2. The molecule has 3 N–H and O–H groups in total. The van der Waals surface area contributed by atoms with E-state index >= 15 is 0 Å². The highest BCUT2D eigenvalue weighted by Crippen LogP contribution is 2.16. The van der Waals surface area contributed by atoms with Crippen molar-refractivity contribution in [3.8, 4) is 0 Å². The van der Waals surface area contributed by atoms with E-state index in [4.69, 9.17) is 5.73 Å². The van der Waals surface area contributed by atoms with Crippen LogP contribution in [-0.4, -0.2) is 27.5 Å². The van der Waals surface area contributed by atoms with E-state index in [1.807, 2.05) is 42.0 Å². The van der Waals surface area contributed by atoms with Crippen LogP contribution in [0.3, 0.4) is 0 Å². The molecule has 0 aliphatic heterocycles. The summed E-state index contributed by atoms with van der Waals surface area (Å²) in [7, 11) is 0. The summed E-state index contributed by atoms with van der Waals surface area (Å²) >= 11 is 0. The van der Waals surface area contributed by atoms with Gasteiger partial charge >= 0.3 is 0 Å². The monoisotopic (exact) mass is 386 g/mol. The number of carbonyl (C=O) groups is 1. The quantitative estimate of drug-likeness (QED) is 0.766. The zero-order valence-corrected chi connectivity index (χ0v) is 16.6. The van der Waals surface area contributed by atoms with Crippen molar-refractivity contribution in [3.05, 3.63) is 54.1 Å². The number of nitrogens with zero attached hydrogens (tertiary/aromatic N) is 2. The molecule has 7 heteroatoms.